The Morgan fingerprint density at radius 3 is 2.21 bits per heavy atom. The van der Waals surface area contributed by atoms with E-state index in [0.29, 0.717) is 6.61 Å². The second-order valence-corrected chi connectivity index (χ2v) is 4.46. The summed E-state index contributed by atoms with van der Waals surface area (Å²) >= 11 is 0. The van der Waals surface area contributed by atoms with Crippen LogP contribution >= 0.6 is 0 Å². The predicted molar refractivity (Wildman–Crippen MR) is 75.7 cm³/mol. The molecule has 3 aromatic carbocycles. The number of rotatable bonds is 3. The Morgan fingerprint density at radius 2 is 1.47 bits per heavy atom. The highest BCUT2D eigenvalue weighted by molar-refractivity contribution is 5.99. The number of aliphatic hydroxyl groups is 1. The number of phenolic OH excluding ortho intramolecular Hbond substituents is 1. The number of ether oxygens (including phenoxy) is 1. The molecule has 0 fully saturated rings. The maximum Gasteiger partial charge on any atom is 0.120 e. The van der Waals surface area contributed by atoms with Crippen LogP contribution in [0.4, 0.5) is 0 Å². The first-order valence-corrected chi connectivity index (χ1v) is 6.16. The lowest BCUT2D eigenvalue weighted by atomic mass is 10.0. The zero-order chi connectivity index (χ0) is 13.2. The highest BCUT2D eigenvalue weighted by Gasteiger charge is 2.01. The minimum absolute atomic E-state index is 0.00896. The number of fused-ring (bicyclic) bond motifs is 2. The van der Waals surface area contributed by atoms with Crippen LogP contribution in [0.5, 0.6) is 11.5 Å². The van der Waals surface area contributed by atoms with Crippen molar-refractivity contribution in [3.63, 3.8) is 0 Å². The van der Waals surface area contributed by atoms with Gasteiger partial charge in [-0.05, 0) is 57.9 Å². The van der Waals surface area contributed by atoms with E-state index in [9.17, 15) is 5.11 Å². The standard InChI is InChI=1S/C16H14O3/c17-5-6-19-16-4-2-12-7-13-9-15(18)3-1-11(13)8-14(12)10-16/h1-4,7-10,17-18H,5-6H2. The second kappa shape index (κ2) is 4.78. The topological polar surface area (TPSA) is 49.7 Å². The van der Waals surface area contributed by atoms with Gasteiger partial charge in [-0.2, -0.15) is 0 Å². The Balaban J connectivity index is 2.12. The lowest BCUT2D eigenvalue weighted by Crippen LogP contribution is -2.01. The zero-order valence-corrected chi connectivity index (χ0v) is 10.3. The number of hydrogen-bond acceptors (Lipinski definition) is 3. The Morgan fingerprint density at radius 1 is 0.789 bits per heavy atom. The highest BCUT2D eigenvalue weighted by atomic mass is 16.5. The summed E-state index contributed by atoms with van der Waals surface area (Å²) in [5.74, 6) is 1.02. The van der Waals surface area contributed by atoms with Gasteiger partial charge in [0.1, 0.15) is 18.1 Å². The quantitative estimate of drug-likeness (QED) is 0.706. The van der Waals surface area contributed by atoms with Crippen LogP contribution in [-0.4, -0.2) is 23.4 Å². The Kier molecular flexibility index (Phi) is 2.97. The van der Waals surface area contributed by atoms with Crippen molar-refractivity contribution in [1.29, 1.82) is 0 Å². The maximum absolute atomic E-state index is 9.50. The molecule has 3 nitrogen and oxygen atoms in total. The number of benzene rings is 3. The van der Waals surface area contributed by atoms with Gasteiger partial charge >= 0.3 is 0 Å². The molecule has 0 spiro atoms. The van der Waals surface area contributed by atoms with Crippen LogP contribution in [0.3, 0.4) is 0 Å². The molecule has 0 radical (unpaired) electrons. The molecule has 3 heteroatoms. The van der Waals surface area contributed by atoms with Crippen molar-refractivity contribution in [2.45, 2.75) is 0 Å². The second-order valence-electron chi connectivity index (χ2n) is 4.46. The number of hydrogen-bond donors (Lipinski definition) is 2. The minimum atomic E-state index is 0.00896. The van der Waals surface area contributed by atoms with Crippen molar-refractivity contribution in [3.05, 3.63) is 48.5 Å². The van der Waals surface area contributed by atoms with E-state index in [1.54, 1.807) is 12.1 Å². The third-order valence-electron chi connectivity index (χ3n) is 3.11. The van der Waals surface area contributed by atoms with Crippen LogP contribution in [0.15, 0.2) is 48.5 Å². The van der Waals surface area contributed by atoms with Gasteiger partial charge in [-0.15, -0.1) is 0 Å². The van der Waals surface area contributed by atoms with Gasteiger partial charge in [-0.1, -0.05) is 12.1 Å². The fraction of sp³-hybridized carbons (Fsp3) is 0.125. The molecule has 0 saturated carbocycles. The number of aromatic hydroxyl groups is 1. The number of aliphatic hydroxyl groups excluding tert-OH is 1. The summed E-state index contributed by atoms with van der Waals surface area (Å²) in [4.78, 5) is 0. The van der Waals surface area contributed by atoms with E-state index in [0.717, 1.165) is 27.3 Å². The molecular formula is C16H14O3. The zero-order valence-electron chi connectivity index (χ0n) is 10.3. The molecule has 0 heterocycles. The van der Waals surface area contributed by atoms with Crippen molar-refractivity contribution in [3.8, 4) is 11.5 Å². The van der Waals surface area contributed by atoms with E-state index in [2.05, 4.69) is 6.07 Å². The molecule has 19 heavy (non-hydrogen) atoms. The predicted octanol–water partition coefficient (Wildman–Crippen LogP) is 3.07. The SMILES string of the molecule is OCCOc1ccc2cc3cc(O)ccc3cc2c1. The van der Waals surface area contributed by atoms with Gasteiger partial charge in [0.05, 0.1) is 6.61 Å². The summed E-state index contributed by atoms with van der Waals surface area (Å²) in [6.07, 6.45) is 0. The summed E-state index contributed by atoms with van der Waals surface area (Å²) < 4.78 is 5.40. The van der Waals surface area contributed by atoms with Crippen molar-refractivity contribution in [2.24, 2.45) is 0 Å². The van der Waals surface area contributed by atoms with E-state index in [-0.39, 0.29) is 12.4 Å². The molecule has 0 aromatic heterocycles. The average Bonchev–Trinajstić information content (AvgIpc) is 2.42. The van der Waals surface area contributed by atoms with Crippen LogP contribution < -0.4 is 4.74 Å². The van der Waals surface area contributed by atoms with Gasteiger partial charge in [0, 0.05) is 0 Å². The maximum atomic E-state index is 9.50. The van der Waals surface area contributed by atoms with Crippen LogP contribution in [0, 0.1) is 0 Å². The number of phenols is 1. The van der Waals surface area contributed by atoms with Crippen LogP contribution in [0.2, 0.25) is 0 Å². The van der Waals surface area contributed by atoms with Crippen molar-refractivity contribution < 1.29 is 14.9 Å². The van der Waals surface area contributed by atoms with Gasteiger partial charge in [0.2, 0.25) is 0 Å². The summed E-state index contributed by atoms with van der Waals surface area (Å²) in [7, 11) is 0. The monoisotopic (exact) mass is 254 g/mol. The summed E-state index contributed by atoms with van der Waals surface area (Å²) in [6, 6.07) is 15.3. The van der Waals surface area contributed by atoms with Crippen molar-refractivity contribution in [1.82, 2.24) is 0 Å². The van der Waals surface area contributed by atoms with E-state index in [1.807, 2.05) is 30.3 Å². The van der Waals surface area contributed by atoms with Gasteiger partial charge in [-0.25, -0.2) is 0 Å². The van der Waals surface area contributed by atoms with Crippen LogP contribution in [0.25, 0.3) is 21.5 Å². The van der Waals surface area contributed by atoms with Gasteiger partial charge in [0.15, 0.2) is 0 Å². The molecule has 0 amide bonds. The molecule has 0 atom stereocenters. The molecular weight excluding hydrogens is 240 g/mol. The molecule has 3 aromatic rings. The van der Waals surface area contributed by atoms with Gasteiger partial charge < -0.3 is 14.9 Å². The van der Waals surface area contributed by atoms with Gasteiger partial charge in [-0.3, -0.25) is 0 Å². The Labute approximate surface area is 110 Å². The first-order valence-electron chi connectivity index (χ1n) is 6.16. The van der Waals surface area contributed by atoms with E-state index in [4.69, 9.17) is 9.84 Å². The highest BCUT2D eigenvalue weighted by Crippen LogP contribution is 2.28. The molecule has 0 aliphatic heterocycles. The van der Waals surface area contributed by atoms with Gasteiger partial charge in [0.25, 0.3) is 0 Å². The molecule has 96 valence electrons. The largest absolute Gasteiger partial charge is 0.508 e. The summed E-state index contributed by atoms with van der Waals surface area (Å²) in [6.45, 7) is 0.308. The third-order valence-corrected chi connectivity index (χ3v) is 3.11. The first kappa shape index (κ1) is 11.8. The first-order chi connectivity index (χ1) is 9.26. The Bertz CT molecular complexity index is 734. The van der Waals surface area contributed by atoms with E-state index in [1.165, 1.54) is 0 Å². The molecule has 0 aliphatic rings. The van der Waals surface area contributed by atoms with Crippen LogP contribution in [0.1, 0.15) is 0 Å². The fourth-order valence-corrected chi connectivity index (χ4v) is 2.22. The molecule has 0 unspecified atom stereocenters. The molecule has 2 N–H and O–H groups in total. The molecule has 0 saturated heterocycles. The van der Waals surface area contributed by atoms with Crippen molar-refractivity contribution in [2.75, 3.05) is 13.2 Å². The average molecular weight is 254 g/mol. The molecule has 0 bridgehead atoms. The Hall–Kier alpha value is -2.26. The normalized spacial score (nSPS) is 11.0. The smallest absolute Gasteiger partial charge is 0.120 e. The van der Waals surface area contributed by atoms with Crippen LogP contribution in [-0.2, 0) is 0 Å². The summed E-state index contributed by atoms with van der Waals surface area (Å²) in [5, 5.41) is 22.5. The fourth-order valence-electron chi connectivity index (χ4n) is 2.22. The van der Waals surface area contributed by atoms with Crippen molar-refractivity contribution >= 4 is 21.5 Å². The lowest BCUT2D eigenvalue weighted by Gasteiger charge is -2.07. The van der Waals surface area contributed by atoms with E-state index < -0.39 is 0 Å². The molecule has 3 rings (SSSR count). The molecule has 0 aliphatic carbocycles. The third kappa shape index (κ3) is 2.33. The summed E-state index contributed by atoms with van der Waals surface area (Å²) in [5.41, 5.74) is 0. The van der Waals surface area contributed by atoms with E-state index >= 15 is 0 Å². The lowest BCUT2D eigenvalue weighted by molar-refractivity contribution is 0.201. The minimum Gasteiger partial charge on any atom is -0.508 e.